The van der Waals surface area contributed by atoms with Crippen LogP contribution in [0, 0.1) is 0 Å². The van der Waals surface area contributed by atoms with Crippen LogP contribution >= 0.6 is 0 Å². The van der Waals surface area contributed by atoms with Crippen LogP contribution in [-0.2, 0) is 9.53 Å². The summed E-state index contributed by atoms with van der Waals surface area (Å²) < 4.78 is 20.6. The third-order valence-corrected chi connectivity index (χ3v) is 4.74. The first-order valence-electron chi connectivity index (χ1n) is 10.2. The van der Waals surface area contributed by atoms with Gasteiger partial charge in [-0.15, -0.1) is 0 Å². The summed E-state index contributed by atoms with van der Waals surface area (Å²) in [5.74, 6) is -0.204. The smallest absolute Gasteiger partial charge is 0.341 e. The van der Waals surface area contributed by atoms with E-state index in [-0.39, 0.29) is 23.8 Å². The summed E-state index contributed by atoms with van der Waals surface area (Å²) in [6, 6.07) is 18.0. The standard InChI is InChI=1S/C25H24N2O7/c1-31-18-12-13-19(25(30)33-3)22(14-18)34-15-23(28)26-17-10-8-16(9-11-17)24(29)27-20-6-4-5-7-21(20)32-2/h4-14H,15H2,1-3H3,(H,26,28)(H,27,29). The van der Waals surface area contributed by atoms with Crippen molar-refractivity contribution < 1.29 is 33.3 Å². The van der Waals surface area contributed by atoms with Crippen LogP contribution in [0.1, 0.15) is 20.7 Å². The highest BCUT2D eigenvalue weighted by Gasteiger charge is 2.16. The van der Waals surface area contributed by atoms with Crippen molar-refractivity contribution in [3.63, 3.8) is 0 Å². The van der Waals surface area contributed by atoms with Crippen LogP contribution in [0.2, 0.25) is 0 Å². The highest BCUT2D eigenvalue weighted by Crippen LogP contribution is 2.26. The summed E-state index contributed by atoms with van der Waals surface area (Å²) in [6.07, 6.45) is 0. The Morgan fingerprint density at radius 3 is 2.21 bits per heavy atom. The fraction of sp³-hybridized carbons (Fsp3) is 0.160. The SMILES string of the molecule is COC(=O)c1ccc(OC)cc1OCC(=O)Nc1ccc(C(=O)Nc2ccccc2OC)cc1. The topological polar surface area (TPSA) is 112 Å². The number of hydrogen-bond acceptors (Lipinski definition) is 7. The molecule has 3 aromatic carbocycles. The van der Waals surface area contributed by atoms with Crippen LogP contribution in [0.4, 0.5) is 11.4 Å². The quantitative estimate of drug-likeness (QED) is 0.464. The van der Waals surface area contributed by atoms with Crippen LogP contribution in [-0.4, -0.2) is 45.7 Å². The number of rotatable bonds is 9. The van der Waals surface area contributed by atoms with Gasteiger partial charge in [-0.05, 0) is 48.5 Å². The second kappa shape index (κ2) is 11.4. The van der Waals surface area contributed by atoms with Gasteiger partial charge < -0.3 is 29.6 Å². The number of ether oxygens (including phenoxy) is 4. The molecular formula is C25H24N2O7. The zero-order valence-electron chi connectivity index (χ0n) is 18.9. The zero-order chi connectivity index (χ0) is 24.5. The highest BCUT2D eigenvalue weighted by atomic mass is 16.5. The predicted octanol–water partition coefficient (Wildman–Crippen LogP) is 3.76. The summed E-state index contributed by atoms with van der Waals surface area (Å²) in [5.41, 5.74) is 1.59. The number of benzene rings is 3. The molecule has 0 heterocycles. The Kier molecular flexibility index (Phi) is 8.07. The van der Waals surface area contributed by atoms with E-state index in [1.54, 1.807) is 54.6 Å². The largest absolute Gasteiger partial charge is 0.497 e. The van der Waals surface area contributed by atoms with Gasteiger partial charge in [0.25, 0.3) is 11.8 Å². The number of hydrogen-bond donors (Lipinski definition) is 2. The van der Waals surface area contributed by atoms with Crippen molar-refractivity contribution >= 4 is 29.2 Å². The molecule has 2 amide bonds. The minimum Gasteiger partial charge on any atom is -0.497 e. The minimum absolute atomic E-state index is 0.157. The third-order valence-electron chi connectivity index (χ3n) is 4.74. The molecule has 0 aromatic heterocycles. The lowest BCUT2D eigenvalue weighted by atomic mass is 10.2. The lowest BCUT2D eigenvalue weighted by molar-refractivity contribution is -0.118. The monoisotopic (exact) mass is 464 g/mol. The van der Waals surface area contributed by atoms with Gasteiger partial charge in [-0.25, -0.2) is 4.79 Å². The summed E-state index contributed by atoms with van der Waals surface area (Å²) in [4.78, 5) is 36.8. The fourth-order valence-corrected chi connectivity index (χ4v) is 3.02. The molecule has 0 aliphatic carbocycles. The number of carbonyl (C=O) groups is 3. The summed E-state index contributed by atoms with van der Waals surface area (Å²) in [6.45, 7) is -0.354. The molecule has 0 aliphatic heterocycles. The van der Waals surface area contributed by atoms with Crippen LogP contribution in [0.15, 0.2) is 66.7 Å². The van der Waals surface area contributed by atoms with Crippen LogP contribution < -0.4 is 24.8 Å². The number of esters is 1. The van der Waals surface area contributed by atoms with Gasteiger partial charge in [0.15, 0.2) is 6.61 Å². The first-order chi connectivity index (χ1) is 16.4. The van der Waals surface area contributed by atoms with Gasteiger partial charge in [-0.2, -0.15) is 0 Å². The van der Waals surface area contributed by atoms with Gasteiger partial charge >= 0.3 is 5.97 Å². The molecule has 0 saturated heterocycles. The summed E-state index contributed by atoms with van der Waals surface area (Å²) in [5, 5.41) is 5.46. The fourth-order valence-electron chi connectivity index (χ4n) is 3.02. The molecule has 0 atom stereocenters. The van der Waals surface area contributed by atoms with Gasteiger partial charge in [0, 0.05) is 17.3 Å². The van der Waals surface area contributed by atoms with E-state index >= 15 is 0 Å². The Morgan fingerprint density at radius 2 is 1.53 bits per heavy atom. The average molecular weight is 464 g/mol. The van der Waals surface area contributed by atoms with Crippen LogP contribution in [0.25, 0.3) is 0 Å². The van der Waals surface area contributed by atoms with Crippen molar-refractivity contribution in [3.8, 4) is 17.2 Å². The molecule has 9 nitrogen and oxygen atoms in total. The Bertz CT molecular complexity index is 1180. The molecule has 0 saturated carbocycles. The maximum atomic E-state index is 12.5. The van der Waals surface area contributed by atoms with Crippen molar-refractivity contribution in [1.29, 1.82) is 0 Å². The van der Waals surface area contributed by atoms with Gasteiger partial charge in [-0.3, -0.25) is 9.59 Å². The average Bonchev–Trinajstić information content (AvgIpc) is 2.87. The number of methoxy groups -OCH3 is 3. The van der Waals surface area contributed by atoms with Crippen molar-refractivity contribution in [2.45, 2.75) is 0 Å². The molecule has 34 heavy (non-hydrogen) atoms. The molecule has 0 spiro atoms. The Morgan fingerprint density at radius 1 is 0.794 bits per heavy atom. The third kappa shape index (κ3) is 6.04. The number of para-hydroxylation sites is 2. The molecule has 0 bridgehead atoms. The number of amides is 2. The molecule has 0 unspecified atom stereocenters. The van der Waals surface area contributed by atoms with Gasteiger partial charge in [-0.1, -0.05) is 12.1 Å². The first-order valence-corrected chi connectivity index (χ1v) is 10.2. The van der Waals surface area contributed by atoms with Crippen molar-refractivity contribution in [3.05, 3.63) is 77.9 Å². The molecular weight excluding hydrogens is 440 g/mol. The first kappa shape index (κ1) is 24.1. The molecule has 3 rings (SSSR count). The van der Waals surface area contributed by atoms with Crippen molar-refractivity contribution in [2.24, 2.45) is 0 Å². The second-order valence-corrected chi connectivity index (χ2v) is 6.92. The van der Waals surface area contributed by atoms with Crippen LogP contribution in [0.5, 0.6) is 17.2 Å². The molecule has 3 aromatic rings. The van der Waals surface area contributed by atoms with E-state index in [2.05, 4.69) is 10.6 Å². The second-order valence-electron chi connectivity index (χ2n) is 6.92. The van der Waals surface area contributed by atoms with Crippen LogP contribution in [0.3, 0.4) is 0 Å². The maximum absolute atomic E-state index is 12.5. The molecule has 9 heteroatoms. The van der Waals surface area contributed by atoms with Crippen molar-refractivity contribution in [1.82, 2.24) is 0 Å². The van der Waals surface area contributed by atoms with E-state index in [0.717, 1.165) is 0 Å². The van der Waals surface area contributed by atoms with E-state index in [9.17, 15) is 14.4 Å². The molecule has 0 radical (unpaired) electrons. The number of nitrogens with one attached hydrogen (secondary N) is 2. The predicted molar refractivity (Wildman–Crippen MR) is 126 cm³/mol. The maximum Gasteiger partial charge on any atom is 0.341 e. The molecule has 0 fully saturated rings. The van der Waals surface area contributed by atoms with E-state index in [1.165, 1.54) is 33.5 Å². The summed E-state index contributed by atoms with van der Waals surface area (Å²) >= 11 is 0. The Balaban J connectivity index is 1.60. The van der Waals surface area contributed by atoms with Gasteiger partial charge in [0.05, 0.1) is 27.0 Å². The molecule has 0 aliphatic rings. The lowest BCUT2D eigenvalue weighted by Gasteiger charge is -2.12. The Hall–Kier alpha value is -4.53. The van der Waals surface area contributed by atoms with E-state index in [0.29, 0.717) is 28.4 Å². The van der Waals surface area contributed by atoms with E-state index in [4.69, 9.17) is 18.9 Å². The number of carbonyl (C=O) groups excluding carboxylic acids is 3. The lowest BCUT2D eigenvalue weighted by Crippen LogP contribution is -2.21. The number of anilines is 2. The van der Waals surface area contributed by atoms with E-state index < -0.39 is 11.9 Å². The highest BCUT2D eigenvalue weighted by molar-refractivity contribution is 6.05. The summed E-state index contributed by atoms with van der Waals surface area (Å²) in [7, 11) is 4.25. The normalized spacial score (nSPS) is 10.1. The zero-order valence-corrected chi connectivity index (χ0v) is 18.9. The van der Waals surface area contributed by atoms with E-state index in [1.807, 2.05) is 0 Å². The van der Waals surface area contributed by atoms with Crippen molar-refractivity contribution in [2.75, 3.05) is 38.6 Å². The molecule has 2 N–H and O–H groups in total. The molecule has 176 valence electrons. The minimum atomic E-state index is -0.597. The Labute approximate surface area is 196 Å². The van der Waals surface area contributed by atoms with Gasteiger partial charge in [0.2, 0.25) is 0 Å². The van der Waals surface area contributed by atoms with Gasteiger partial charge in [0.1, 0.15) is 22.8 Å².